The fraction of sp³-hybridized carbons (Fsp3) is 0.833. The van der Waals surface area contributed by atoms with E-state index in [1.807, 2.05) is 0 Å². The Morgan fingerprint density at radius 2 is 2.13 bits per heavy atom. The van der Waals surface area contributed by atoms with E-state index in [0.29, 0.717) is 5.41 Å². The molecule has 0 radical (unpaired) electrons. The summed E-state index contributed by atoms with van der Waals surface area (Å²) in [6, 6.07) is 0. The first-order valence-corrected chi connectivity index (χ1v) is 6.08. The number of hydrogen-bond acceptors (Lipinski definition) is 2. The monoisotopic (exact) mass is 206 g/mol. The van der Waals surface area contributed by atoms with E-state index in [4.69, 9.17) is 0 Å². The molecule has 2 fully saturated rings. The zero-order valence-electron chi connectivity index (χ0n) is 9.31. The minimum Gasteiger partial charge on any atom is -0.312 e. The third-order valence-electron chi connectivity index (χ3n) is 4.09. The highest BCUT2D eigenvalue weighted by molar-refractivity contribution is 6.09. The summed E-state index contributed by atoms with van der Waals surface area (Å²) in [6.07, 6.45) is 7.90. The number of unbranched alkanes of at least 4 members (excludes halogenated alkanes) is 1. The maximum absolute atomic E-state index is 11.8. The van der Waals surface area contributed by atoms with Gasteiger partial charge in [0.2, 0.25) is 0 Å². The van der Waals surface area contributed by atoms with Crippen LogP contribution in [0.2, 0.25) is 0 Å². The van der Waals surface area contributed by atoms with Gasteiger partial charge in [0.05, 0.1) is 0 Å². The molecule has 2 spiro atoms. The summed E-state index contributed by atoms with van der Waals surface area (Å²) in [4.78, 5) is 16.5. The first-order valence-electron chi connectivity index (χ1n) is 6.08. The quantitative estimate of drug-likeness (QED) is 0.754. The molecule has 0 aromatic carbocycles. The van der Waals surface area contributed by atoms with Gasteiger partial charge in [-0.05, 0) is 37.5 Å². The summed E-state index contributed by atoms with van der Waals surface area (Å²) in [5, 5.41) is 2.96. The van der Waals surface area contributed by atoms with E-state index in [2.05, 4.69) is 17.2 Å². The maximum Gasteiger partial charge on any atom is 0.253 e. The molecule has 1 amide bonds. The number of rotatable bonds is 3. The van der Waals surface area contributed by atoms with Gasteiger partial charge in [-0.2, -0.15) is 0 Å². The SMILES string of the molecule is CCCCC1=NC2(CC3(CC3)C2)C(=O)N1. The second kappa shape index (κ2) is 2.83. The van der Waals surface area contributed by atoms with E-state index in [-0.39, 0.29) is 11.4 Å². The Morgan fingerprint density at radius 3 is 2.73 bits per heavy atom. The molecular weight excluding hydrogens is 188 g/mol. The van der Waals surface area contributed by atoms with Crippen LogP contribution >= 0.6 is 0 Å². The standard InChI is InChI=1S/C12H18N2O/c1-2-3-4-9-13-10(15)12(14-9)7-11(8-12)5-6-11/h2-8H2,1H3,(H,13,14,15). The minimum absolute atomic E-state index is 0.172. The average Bonchev–Trinajstić information content (AvgIpc) is 2.85. The van der Waals surface area contributed by atoms with Crippen LogP contribution in [0.15, 0.2) is 4.99 Å². The molecule has 3 aliphatic rings. The second-order valence-corrected chi connectivity index (χ2v) is 5.50. The number of aliphatic imine (C=N–C) groups is 1. The highest BCUT2D eigenvalue weighted by atomic mass is 16.2. The number of carbonyl (C=O) groups is 1. The van der Waals surface area contributed by atoms with Gasteiger partial charge in [0.15, 0.2) is 0 Å². The van der Waals surface area contributed by atoms with E-state index in [9.17, 15) is 4.79 Å². The molecule has 1 N–H and O–H groups in total. The molecule has 0 atom stereocenters. The van der Waals surface area contributed by atoms with E-state index in [1.165, 1.54) is 12.8 Å². The summed E-state index contributed by atoms with van der Waals surface area (Å²) >= 11 is 0. The number of nitrogens with one attached hydrogen (secondary N) is 1. The van der Waals surface area contributed by atoms with Crippen LogP contribution in [0.25, 0.3) is 0 Å². The number of carbonyl (C=O) groups excluding carboxylic acids is 1. The first-order chi connectivity index (χ1) is 7.18. The smallest absolute Gasteiger partial charge is 0.253 e. The third kappa shape index (κ3) is 1.32. The van der Waals surface area contributed by atoms with E-state index in [0.717, 1.165) is 37.9 Å². The van der Waals surface area contributed by atoms with Crippen LogP contribution in [-0.4, -0.2) is 17.3 Å². The molecule has 1 heterocycles. The van der Waals surface area contributed by atoms with Gasteiger partial charge < -0.3 is 5.32 Å². The molecule has 82 valence electrons. The maximum atomic E-state index is 11.8. The minimum atomic E-state index is -0.320. The summed E-state index contributed by atoms with van der Waals surface area (Å²) in [5.41, 5.74) is 0.223. The highest BCUT2D eigenvalue weighted by Crippen LogP contribution is 2.66. The van der Waals surface area contributed by atoms with Crippen molar-refractivity contribution in [2.45, 2.75) is 57.4 Å². The molecule has 15 heavy (non-hydrogen) atoms. The van der Waals surface area contributed by atoms with Crippen LogP contribution in [0.5, 0.6) is 0 Å². The van der Waals surface area contributed by atoms with Gasteiger partial charge in [0.1, 0.15) is 11.4 Å². The van der Waals surface area contributed by atoms with Crippen LogP contribution in [-0.2, 0) is 4.79 Å². The van der Waals surface area contributed by atoms with Crippen molar-refractivity contribution in [3.05, 3.63) is 0 Å². The van der Waals surface area contributed by atoms with Crippen molar-refractivity contribution in [2.75, 3.05) is 0 Å². The molecular formula is C12H18N2O. The molecule has 0 aromatic heterocycles. The van der Waals surface area contributed by atoms with Gasteiger partial charge in [0.25, 0.3) is 5.91 Å². The number of amidine groups is 1. The lowest BCUT2D eigenvalue weighted by Gasteiger charge is -2.41. The van der Waals surface area contributed by atoms with Crippen molar-refractivity contribution in [3.63, 3.8) is 0 Å². The van der Waals surface area contributed by atoms with E-state index < -0.39 is 0 Å². The molecule has 0 bridgehead atoms. The average molecular weight is 206 g/mol. The second-order valence-electron chi connectivity index (χ2n) is 5.50. The molecule has 0 aromatic rings. The van der Waals surface area contributed by atoms with Gasteiger partial charge in [-0.25, -0.2) is 0 Å². The van der Waals surface area contributed by atoms with Crippen molar-refractivity contribution in [1.29, 1.82) is 0 Å². The molecule has 1 aliphatic heterocycles. The topological polar surface area (TPSA) is 41.5 Å². The van der Waals surface area contributed by atoms with Gasteiger partial charge in [-0.1, -0.05) is 13.3 Å². The Labute approximate surface area is 90.3 Å². The fourth-order valence-corrected chi connectivity index (χ4v) is 3.01. The predicted molar refractivity (Wildman–Crippen MR) is 58.7 cm³/mol. The Bertz CT molecular complexity index is 334. The number of amides is 1. The van der Waals surface area contributed by atoms with Crippen molar-refractivity contribution >= 4 is 11.7 Å². The Hall–Kier alpha value is -0.860. The van der Waals surface area contributed by atoms with Gasteiger partial charge in [-0.15, -0.1) is 0 Å². The molecule has 3 rings (SSSR count). The predicted octanol–water partition coefficient (Wildman–Crippen LogP) is 2.02. The summed E-state index contributed by atoms with van der Waals surface area (Å²) < 4.78 is 0. The van der Waals surface area contributed by atoms with Crippen molar-refractivity contribution in [3.8, 4) is 0 Å². The third-order valence-corrected chi connectivity index (χ3v) is 4.09. The zero-order chi connectivity index (χ0) is 10.5. The van der Waals surface area contributed by atoms with Crippen LogP contribution in [0.1, 0.15) is 51.9 Å². The lowest BCUT2D eigenvalue weighted by atomic mass is 9.66. The van der Waals surface area contributed by atoms with Gasteiger partial charge in [-0.3, -0.25) is 9.79 Å². The molecule has 3 nitrogen and oxygen atoms in total. The van der Waals surface area contributed by atoms with E-state index >= 15 is 0 Å². The largest absolute Gasteiger partial charge is 0.312 e. The summed E-state index contributed by atoms with van der Waals surface area (Å²) in [7, 11) is 0. The van der Waals surface area contributed by atoms with Crippen molar-refractivity contribution < 1.29 is 4.79 Å². The first kappa shape index (κ1) is 9.37. The molecule has 2 saturated carbocycles. The van der Waals surface area contributed by atoms with Gasteiger partial charge in [0, 0.05) is 6.42 Å². The van der Waals surface area contributed by atoms with Crippen LogP contribution in [0.3, 0.4) is 0 Å². The lowest BCUT2D eigenvalue weighted by Crippen LogP contribution is -2.51. The fourth-order valence-electron chi connectivity index (χ4n) is 3.01. The Balaban J connectivity index is 1.69. The highest BCUT2D eigenvalue weighted by Gasteiger charge is 2.65. The van der Waals surface area contributed by atoms with E-state index in [1.54, 1.807) is 0 Å². The molecule has 0 unspecified atom stereocenters. The molecule has 2 aliphatic carbocycles. The van der Waals surface area contributed by atoms with Crippen molar-refractivity contribution in [1.82, 2.24) is 5.32 Å². The zero-order valence-corrected chi connectivity index (χ0v) is 9.31. The van der Waals surface area contributed by atoms with Gasteiger partial charge >= 0.3 is 0 Å². The Kier molecular flexibility index (Phi) is 1.77. The van der Waals surface area contributed by atoms with Crippen LogP contribution < -0.4 is 5.32 Å². The summed E-state index contributed by atoms with van der Waals surface area (Å²) in [6.45, 7) is 2.16. The van der Waals surface area contributed by atoms with Crippen molar-refractivity contribution in [2.24, 2.45) is 10.4 Å². The lowest BCUT2D eigenvalue weighted by molar-refractivity contribution is -0.128. The summed E-state index contributed by atoms with van der Waals surface area (Å²) in [5.74, 6) is 1.11. The number of hydrogen-bond donors (Lipinski definition) is 1. The normalized spacial score (nSPS) is 28.9. The molecule has 3 heteroatoms. The Morgan fingerprint density at radius 1 is 1.40 bits per heavy atom. The van der Waals surface area contributed by atoms with Crippen LogP contribution in [0.4, 0.5) is 0 Å². The molecule has 0 saturated heterocycles. The van der Waals surface area contributed by atoms with Crippen LogP contribution in [0, 0.1) is 5.41 Å². The number of nitrogens with zero attached hydrogens (tertiary/aromatic N) is 1.